The molecule has 2 aromatic rings. The molecule has 0 N–H and O–H groups in total. The molecule has 0 bridgehead atoms. The SMILES string of the molecule is Fc1ccc(CCCCc2ccc(F)cc2)cc1. The fraction of sp³-hybridized carbons (Fsp3) is 0.250. The van der Waals surface area contributed by atoms with E-state index in [0.29, 0.717) is 0 Å². The summed E-state index contributed by atoms with van der Waals surface area (Å²) in [6.07, 6.45) is 4.04. The molecule has 0 saturated carbocycles. The largest absolute Gasteiger partial charge is 0.207 e. The average molecular weight is 246 g/mol. The second-order valence-electron chi connectivity index (χ2n) is 4.46. The highest BCUT2D eigenvalue weighted by Gasteiger charge is 1.97. The van der Waals surface area contributed by atoms with Crippen LogP contribution in [0.4, 0.5) is 8.78 Å². The molecule has 2 rings (SSSR count). The van der Waals surface area contributed by atoms with E-state index in [1.807, 2.05) is 24.3 Å². The number of aryl methyl sites for hydroxylation is 2. The van der Waals surface area contributed by atoms with Gasteiger partial charge in [-0.25, -0.2) is 8.78 Å². The van der Waals surface area contributed by atoms with Gasteiger partial charge in [0.15, 0.2) is 0 Å². The van der Waals surface area contributed by atoms with E-state index in [-0.39, 0.29) is 11.6 Å². The quantitative estimate of drug-likeness (QED) is 0.680. The Morgan fingerprint density at radius 2 is 0.889 bits per heavy atom. The molecular formula is C16H16F2. The normalized spacial score (nSPS) is 10.6. The van der Waals surface area contributed by atoms with Crippen molar-refractivity contribution in [1.82, 2.24) is 0 Å². The van der Waals surface area contributed by atoms with Crippen LogP contribution in [0.5, 0.6) is 0 Å². The molecule has 0 fully saturated rings. The molecule has 0 amide bonds. The van der Waals surface area contributed by atoms with E-state index < -0.39 is 0 Å². The topological polar surface area (TPSA) is 0 Å². The minimum absolute atomic E-state index is 0.190. The highest BCUT2D eigenvalue weighted by atomic mass is 19.1. The molecule has 0 unspecified atom stereocenters. The molecule has 2 heteroatoms. The summed E-state index contributed by atoms with van der Waals surface area (Å²) in [5, 5.41) is 0. The fourth-order valence-electron chi connectivity index (χ4n) is 1.96. The van der Waals surface area contributed by atoms with Crippen LogP contribution in [0.25, 0.3) is 0 Å². The Labute approximate surface area is 106 Å². The molecular weight excluding hydrogens is 230 g/mol. The van der Waals surface area contributed by atoms with E-state index in [9.17, 15) is 8.78 Å². The van der Waals surface area contributed by atoms with Gasteiger partial charge in [-0.05, 0) is 61.1 Å². The molecule has 0 spiro atoms. The number of rotatable bonds is 5. The molecule has 0 saturated heterocycles. The van der Waals surface area contributed by atoms with Crippen molar-refractivity contribution in [2.75, 3.05) is 0 Å². The van der Waals surface area contributed by atoms with Crippen LogP contribution >= 0.6 is 0 Å². The third-order valence-corrected chi connectivity index (χ3v) is 3.01. The first kappa shape index (κ1) is 12.7. The summed E-state index contributed by atoms with van der Waals surface area (Å²) in [6.45, 7) is 0. The minimum Gasteiger partial charge on any atom is -0.207 e. The maximum Gasteiger partial charge on any atom is 0.123 e. The summed E-state index contributed by atoms with van der Waals surface area (Å²) in [4.78, 5) is 0. The molecule has 0 aromatic heterocycles. The maximum atomic E-state index is 12.7. The third-order valence-electron chi connectivity index (χ3n) is 3.01. The van der Waals surface area contributed by atoms with Crippen molar-refractivity contribution in [3.05, 3.63) is 71.3 Å². The molecule has 0 atom stereocenters. The van der Waals surface area contributed by atoms with Gasteiger partial charge in [0.2, 0.25) is 0 Å². The van der Waals surface area contributed by atoms with E-state index >= 15 is 0 Å². The molecule has 0 aliphatic rings. The lowest BCUT2D eigenvalue weighted by Gasteiger charge is -2.03. The van der Waals surface area contributed by atoms with Crippen molar-refractivity contribution in [3.8, 4) is 0 Å². The van der Waals surface area contributed by atoms with Crippen LogP contribution in [0, 0.1) is 11.6 Å². The predicted octanol–water partition coefficient (Wildman–Crippen LogP) is 4.53. The van der Waals surface area contributed by atoms with Crippen LogP contribution in [0.15, 0.2) is 48.5 Å². The van der Waals surface area contributed by atoms with Gasteiger partial charge in [-0.1, -0.05) is 24.3 Å². The molecule has 18 heavy (non-hydrogen) atoms. The van der Waals surface area contributed by atoms with Crippen LogP contribution < -0.4 is 0 Å². The number of halogens is 2. The lowest BCUT2D eigenvalue weighted by molar-refractivity contribution is 0.625. The van der Waals surface area contributed by atoms with Crippen LogP contribution in [0.1, 0.15) is 24.0 Å². The van der Waals surface area contributed by atoms with Crippen LogP contribution in [0.2, 0.25) is 0 Å². The Hall–Kier alpha value is -1.70. The Morgan fingerprint density at radius 3 is 1.22 bits per heavy atom. The zero-order chi connectivity index (χ0) is 12.8. The van der Waals surface area contributed by atoms with Gasteiger partial charge in [0.05, 0.1) is 0 Å². The van der Waals surface area contributed by atoms with Gasteiger partial charge < -0.3 is 0 Å². The van der Waals surface area contributed by atoms with Gasteiger partial charge in [-0.15, -0.1) is 0 Å². The standard InChI is InChI=1S/C16H16F2/c17-15-9-5-13(6-10-15)3-1-2-4-14-7-11-16(18)12-8-14/h5-12H,1-4H2. The van der Waals surface area contributed by atoms with E-state index in [1.54, 1.807) is 0 Å². The lowest BCUT2D eigenvalue weighted by Crippen LogP contribution is -1.90. The van der Waals surface area contributed by atoms with Gasteiger partial charge >= 0.3 is 0 Å². The number of hydrogen-bond donors (Lipinski definition) is 0. The average Bonchev–Trinajstić information content (AvgIpc) is 2.39. The highest BCUT2D eigenvalue weighted by Crippen LogP contribution is 2.10. The van der Waals surface area contributed by atoms with Gasteiger partial charge in [-0.3, -0.25) is 0 Å². The molecule has 94 valence electrons. The Kier molecular flexibility index (Phi) is 4.46. The second-order valence-corrected chi connectivity index (χ2v) is 4.46. The monoisotopic (exact) mass is 246 g/mol. The smallest absolute Gasteiger partial charge is 0.123 e. The first-order valence-corrected chi connectivity index (χ1v) is 6.23. The van der Waals surface area contributed by atoms with Gasteiger partial charge in [0.25, 0.3) is 0 Å². The number of hydrogen-bond acceptors (Lipinski definition) is 0. The summed E-state index contributed by atoms with van der Waals surface area (Å²) in [6, 6.07) is 13.3. The first-order chi connectivity index (χ1) is 8.74. The fourth-order valence-corrected chi connectivity index (χ4v) is 1.96. The molecule has 2 aromatic carbocycles. The van der Waals surface area contributed by atoms with E-state index in [1.165, 1.54) is 24.3 Å². The zero-order valence-electron chi connectivity index (χ0n) is 10.2. The Bertz CT molecular complexity index is 424. The van der Waals surface area contributed by atoms with Crippen molar-refractivity contribution in [3.63, 3.8) is 0 Å². The van der Waals surface area contributed by atoms with Crippen LogP contribution in [0.3, 0.4) is 0 Å². The highest BCUT2D eigenvalue weighted by molar-refractivity contribution is 5.17. The molecule has 0 heterocycles. The minimum atomic E-state index is -0.190. The molecule has 0 radical (unpaired) electrons. The third kappa shape index (κ3) is 3.95. The summed E-state index contributed by atoms with van der Waals surface area (Å²) in [5.41, 5.74) is 2.33. The van der Waals surface area contributed by atoms with Crippen molar-refractivity contribution < 1.29 is 8.78 Å². The van der Waals surface area contributed by atoms with Crippen LogP contribution in [-0.2, 0) is 12.8 Å². The van der Waals surface area contributed by atoms with E-state index in [4.69, 9.17) is 0 Å². The second kappa shape index (κ2) is 6.29. The van der Waals surface area contributed by atoms with Gasteiger partial charge in [-0.2, -0.15) is 0 Å². The van der Waals surface area contributed by atoms with E-state index in [0.717, 1.165) is 36.8 Å². The van der Waals surface area contributed by atoms with Crippen molar-refractivity contribution in [1.29, 1.82) is 0 Å². The molecule has 0 aliphatic heterocycles. The lowest BCUT2D eigenvalue weighted by atomic mass is 10.0. The van der Waals surface area contributed by atoms with Gasteiger partial charge in [0, 0.05) is 0 Å². The first-order valence-electron chi connectivity index (χ1n) is 6.23. The van der Waals surface area contributed by atoms with Gasteiger partial charge in [0.1, 0.15) is 11.6 Å². The predicted molar refractivity (Wildman–Crippen MR) is 69.4 cm³/mol. The molecule has 0 nitrogen and oxygen atoms in total. The van der Waals surface area contributed by atoms with Crippen molar-refractivity contribution in [2.45, 2.75) is 25.7 Å². The number of benzene rings is 2. The van der Waals surface area contributed by atoms with Crippen molar-refractivity contribution in [2.24, 2.45) is 0 Å². The Balaban J connectivity index is 1.73. The maximum absolute atomic E-state index is 12.7. The summed E-state index contributed by atoms with van der Waals surface area (Å²) >= 11 is 0. The van der Waals surface area contributed by atoms with Crippen molar-refractivity contribution >= 4 is 0 Å². The summed E-state index contributed by atoms with van der Waals surface area (Å²) < 4.78 is 25.4. The Morgan fingerprint density at radius 1 is 0.556 bits per heavy atom. The van der Waals surface area contributed by atoms with E-state index in [2.05, 4.69) is 0 Å². The number of unbranched alkanes of at least 4 members (excludes halogenated alkanes) is 1. The summed E-state index contributed by atoms with van der Waals surface area (Å²) in [5.74, 6) is -0.380. The summed E-state index contributed by atoms with van der Waals surface area (Å²) in [7, 11) is 0. The zero-order valence-corrected chi connectivity index (χ0v) is 10.2. The van der Waals surface area contributed by atoms with Crippen LogP contribution in [-0.4, -0.2) is 0 Å². The molecule has 0 aliphatic carbocycles.